The SMILES string of the molecule is CCc1nn(C)c(Cl)c1CN1CCC[C@@H](c2nnc(CO)n2C)C1. The quantitative estimate of drug-likeness (QED) is 0.885. The fourth-order valence-corrected chi connectivity index (χ4v) is 3.75. The van der Waals surface area contributed by atoms with Gasteiger partial charge in [0, 0.05) is 38.7 Å². The monoisotopic (exact) mass is 352 g/mol. The summed E-state index contributed by atoms with van der Waals surface area (Å²) in [5, 5.41) is 22.9. The topological polar surface area (TPSA) is 72.0 Å². The third-order valence-corrected chi connectivity index (χ3v) is 5.35. The van der Waals surface area contributed by atoms with Crippen LogP contribution < -0.4 is 0 Å². The van der Waals surface area contributed by atoms with E-state index in [1.54, 1.807) is 4.68 Å². The van der Waals surface area contributed by atoms with Crippen molar-refractivity contribution in [1.29, 1.82) is 0 Å². The molecule has 132 valence electrons. The molecule has 0 amide bonds. The number of aliphatic hydroxyl groups is 1. The van der Waals surface area contributed by atoms with Crippen LogP contribution >= 0.6 is 11.6 Å². The molecule has 3 rings (SSSR count). The number of likely N-dealkylation sites (tertiary alicyclic amines) is 1. The van der Waals surface area contributed by atoms with Crippen molar-refractivity contribution >= 4 is 11.6 Å². The normalized spacial score (nSPS) is 19.1. The Bertz CT molecular complexity index is 710. The van der Waals surface area contributed by atoms with E-state index >= 15 is 0 Å². The summed E-state index contributed by atoms with van der Waals surface area (Å²) in [4.78, 5) is 2.42. The number of halogens is 1. The highest BCUT2D eigenvalue weighted by Crippen LogP contribution is 2.29. The van der Waals surface area contributed by atoms with E-state index in [2.05, 4.69) is 27.1 Å². The Balaban J connectivity index is 1.75. The number of piperidine rings is 1. The summed E-state index contributed by atoms with van der Waals surface area (Å²) in [6, 6.07) is 0. The van der Waals surface area contributed by atoms with E-state index in [4.69, 9.17) is 11.6 Å². The van der Waals surface area contributed by atoms with Gasteiger partial charge in [-0.1, -0.05) is 18.5 Å². The highest BCUT2D eigenvalue weighted by atomic mass is 35.5. The summed E-state index contributed by atoms with van der Waals surface area (Å²) in [5.41, 5.74) is 2.21. The molecule has 1 N–H and O–H groups in total. The van der Waals surface area contributed by atoms with Crippen LogP contribution in [0.2, 0.25) is 5.15 Å². The number of hydrogen-bond donors (Lipinski definition) is 1. The van der Waals surface area contributed by atoms with Crippen molar-refractivity contribution in [3.8, 4) is 0 Å². The Morgan fingerprint density at radius 1 is 1.29 bits per heavy atom. The molecule has 2 aromatic rings. The third-order valence-electron chi connectivity index (χ3n) is 4.88. The lowest BCUT2D eigenvalue weighted by Crippen LogP contribution is -2.35. The van der Waals surface area contributed by atoms with E-state index in [9.17, 15) is 5.11 Å². The van der Waals surface area contributed by atoms with Gasteiger partial charge in [-0.25, -0.2) is 0 Å². The van der Waals surface area contributed by atoms with Crippen molar-refractivity contribution in [2.45, 2.75) is 45.3 Å². The molecule has 1 atom stereocenters. The first-order chi connectivity index (χ1) is 11.5. The minimum atomic E-state index is -0.0783. The molecule has 2 aromatic heterocycles. The van der Waals surface area contributed by atoms with E-state index < -0.39 is 0 Å². The van der Waals surface area contributed by atoms with Gasteiger partial charge < -0.3 is 9.67 Å². The van der Waals surface area contributed by atoms with E-state index in [1.807, 2.05) is 18.7 Å². The van der Waals surface area contributed by atoms with Gasteiger partial charge in [-0.3, -0.25) is 9.58 Å². The summed E-state index contributed by atoms with van der Waals surface area (Å²) < 4.78 is 3.68. The molecular formula is C16H25ClN6O. The molecule has 1 aliphatic heterocycles. The number of aliphatic hydroxyl groups excluding tert-OH is 1. The smallest absolute Gasteiger partial charge is 0.158 e. The number of hydrogen-bond acceptors (Lipinski definition) is 5. The molecule has 1 saturated heterocycles. The largest absolute Gasteiger partial charge is 0.388 e. The van der Waals surface area contributed by atoms with Crippen molar-refractivity contribution in [2.24, 2.45) is 14.1 Å². The molecule has 0 bridgehead atoms. The van der Waals surface area contributed by atoms with Crippen LogP contribution in [0.3, 0.4) is 0 Å². The molecule has 1 fully saturated rings. The van der Waals surface area contributed by atoms with Crippen molar-refractivity contribution in [2.75, 3.05) is 13.1 Å². The molecule has 3 heterocycles. The second kappa shape index (κ2) is 7.21. The fourth-order valence-electron chi connectivity index (χ4n) is 3.54. The van der Waals surface area contributed by atoms with E-state index in [0.717, 1.165) is 61.1 Å². The van der Waals surface area contributed by atoms with E-state index in [0.29, 0.717) is 11.7 Å². The Kier molecular flexibility index (Phi) is 5.22. The molecule has 24 heavy (non-hydrogen) atoms. The van der Waals surface area contributed by atoms with Gasteiger partial charge in [0.2, 0.25) is 0 Å². The van der Waals surface area contributed by atoms with Crippen molar-refractivity contribution in [1.82, 2.24) is 29.4 Å². The van der Waals surface area contributed by atoms with Crippen molar-refractivity contribution in [3.63, 3.8) is 0 Å². The van der Waals surface area contributed by atoms with Gasteiger partial charge in [-0.15, -0.1) is 10.2 Å². The Morgan fingerprint density at radius 3 is 2.75 bits per heavy atom. The van der Waals surface area contributed by atoms with Gasteiger partial charge in [0.05, 0.1) is 5.69 Å². The molecule has 0 unspecified atom stereocenters. The minimum Gasteiger partial charge on any atom is -0.388 e. The van der Waals surface area contributed by atoms with Gasteiger partial charge in [0.25, 0.3) is 0 Å². The number of aryl methyl sites for hydroxylation is 2. The van der Waals surface area contributed by atoms with Crippen LogP contribution in [0.1, 0.15) is 48.6 Å². The van der Waals surface area contributed by atoms with Crippen LogP contribution in [0.5, 0.6) is 0 Å². The van der Waals surface area contributed by atoms with Gasteiger partial charge >= 0.3 is 0 Å². The molecule has 0 radical (unpaired) electrons. The van der Waals surface area contributed by atoms with Crippen LogP contribution in [0.15, 0.2) is 0 Å². The summed E-state index contributed by atoms with van der Waals surface area (Å²) in [7, 11) is 3.81. The molecule has 0 aliphatic carbocycles. The summed E-state index contributed by atoms with van der Waals surface area (Å²) in [6.07, 6.45) is 3.09. The predicted molar refractivity (Wildman–Crippen MR) is 91.8 cm³/mol. The van der Waals surface area contributed by atoms with Gasteiger partial charge in [0.15, 0.2) is 5.82 Å². The Morgan fingerprint density at radius 2 is 2.08 bits per heavy atom. The van der Waals surface area contributed by atoms with Crippen LogP contribution in [-0.4, -0.2) is 47.6 Å². The molecular weight excluding hydrogens is 328 g/mol. The molecule has 0 saturated carbocycles. The molecule has 0 spiro atoms. The Hall–Kier alpha value is -1.44. The summed E-state index contributed by atoms with van der Waals surface area (Å²) in [6.45, 7) is 4.82. The maximum Gasteiger partial charge on any atom is 0.158 e. The van der Waals surface area contributed by atoms with Gasteiger partial charge in [0.1, 0.15) is 17.6 Å². The Labute approximate surface area is 147 Å². The van der Waals surface area contributed by atoms with Gasteiger partial charge in [-0.05, 0) is 25.8 Å². The van der Waals surface area contributed by atoms with Crippen molar-refractivity contribution < 1.29 is 5.11 Å². The average Bonchev–Trinajstić information content (AvgIpc) is 3.09. The zero-order valence-corrected chi connectivity index (χ0v) is 15.3. The highest BCUT2D eigenvalue weighted by Gasteiger charge is 2.27. The average molecular weight is 353 g/mol. The lowest BCUT2D eigenvalue weighted by atomic mass is 9.96. The maximum atomic E-state index is 9.31. The first-order valence-electron chi connectivity index (χ1n) is 8.46. The van der Waals surface area contributed by atoms with Crippen LogP contribution in [0, 0.1) is 0 Å². The van der Waals surface area contributed by atoms with Crippen molar-refractivity contribution in [3.05, 3.63) is 28.1 Å². The summed E-state index contributed by atoms with van der Waals surface area (Å²) >= 11 is 6.43. The number of aromatic nitrogens is 5. The summed E-state index contributed by atoms with van der Waals surface area (Å²) in [5.74, 6) is 1.90. The lowest BCUT2D eigenvalue weighted by molar-refractivity contribution is 0.194. The first kappa shape index (κ1) is 17.4. The van der Waals surface area contributed by atoms with Crippen LogP contribution in [0.25, 0.3) is 0 Å². The first-order valence-corrected chi connectivity index (χ1v) is 8.84. The molecule has 7 nitrogen and oxygen atoms in total. The second-order valence-electron chi connectivity index (χ2n) is 6.46. The third kappa shape index (κ3) is 3.20. The van der Waals surface area contributed by atoms with Gasteiger partial charge in [-0.2, -0.15) is 5.10 Å². The van der Waals surface area contributed by atoms with Crippen LogP contribution in [-0.2, 0) is 33.7 Å². The standard InChI is InChI=1S/C16H25ClN6O/c1-4-13-12(15(17)22(3)20-13)9-23-7-5-6-11(8-23)16-19-18-14(10-24)21(16)2/h11,24H,4-10H2,1-3H3/t11-/m1/s1. The minimum absolute atomic E-state index is 0.0783. The van der Waals surface area contributed by atoms with E-state index in [-0.39, 0.29) is 6.61 Å². The number of rotatable bonds is 5. The maximum absolute atomic E-state index is 9.31. The van der Waals surface area contributed by atoms with E-state index in [1.165, 1.54) is 0 Å². The number of nitrogens with zero attached hydrogens (tertiary/aromatic N) is 6. The predicted octanol–water partition coefficient (Wildman–Crippen LogP) is 1.64. The zero-order chi connectivity index (χ0) is 17.3. The highest BCUT2D eigenvalue weighted by molar-refractivity contribution is 6.30. The molecule has 1 aliphatic rings. The fraction of sp³-hybridized carbons (Fsp3) is 0.688. The zero-order valence-electron chi connectivity index (χ0n) is 14.5. The lowest BCUT2D eigenvalue weighted by Gasteiger charge is -2.32. The second-order valence-corrected chi connectivity index (χ2v) is 6.82. The molecule has 8 heteroatoms. The molecule has 0 aromatic carbocycles. The van der Waals surface area contributed by atoms with Crippen LogP contribution in [0.4, 0.5) is 0 Å².